The first kappa shape index (κ1) is 17.7. The number of ether oxygens (including phenoxy) is 1. The Kier molecular flexibility index (Phi) is 6.16. The van der Waals surface area contributed by atoms with E-state index in [1.165, 1.54) is 0 Å². The van der Waals surface area contributed by atoms with E-state index in [0.717, 1.165) is 51.4 Å². The molecule has 132 valence electrons. The zero-order chi connectivity index (χ0) is 16.9. The summed E-state index contributed by atoms with van der Waals surface area (Å²) < 4.78 is 5.51. The molecule has 24 heavy (non-hydrogen) atoms. The van der Waals surface area contributed by atoms with E-state index in [9.17, 15) is 4.79 Å². The number of hydrogen-bond acceptors (Lipinski definition) is 5. The number of rotatable bonds is 5. The van der Waals surface area contributed by atoms with E-state index >= 15 is 0 Å². The van der Waals surface area contributed by atoms with Gasteiger partial charge in [-0.25, -0.2) is 4.98 Å². The van der Waals surface area contributed by atoms with Gasteiger partial charge in [0.2, 0.25) is 5.91 Å². The lowest BCUT2D eigenvalue weighted by Crippen LogP contribution is -2.50. The van der Waals surface area contributed by atoms with Gasteiger partial charge < -0.3 is 15.0 Å². The van der Waals surface area contributed by atoms with Crippen LogP contribution in [0.4, 0.5) is 5.82 Å². The topological polar surface area (TPSA) is 57.7 Å². The van der Waals surface area contributed by atoms with Crippen LogP contribution in [-0.4, -0.2) is 67.8 Å². The lowest BCUT2D eigenvalue weighted by molar-refractivity contribution is -0.122. The number of carbonyl (C=O) groups excluding carboxylic acids is 1. The molecule has 0 aliphatic carbocycles. The fourth-order valence-electron chi connectivity index (χ4n) is 3.05. The molecule has 0 saturated carbocycles. The summed E-state index contributed by atoms with van der Waals surface area (Å²) in [5.41, 5.74) is 0. The second kappa shape index (κ2) is 8.34. The van der Waals surface area contributed by atoms with Crippen LogP contribution in [0.15, 0.2) is 12.3 Å². The van der Waals surface area contributed by atoms with Crippen LogP contribution < -0.4 is 10.2 Å². The fraction of sp³-hybridized carbons (Fsp3) is 0.625. The van der Waals surface area contributed by atoms with Gasteiger partial charge in [0.05, 0.1) is 22.7 Å². The van der Waals surface area contributed by atoms with E-state index < -0.39 is 0 Å². The van der Waals surface area contributed by atoms with Crippen molar-refractivity contribution >= 4 is 34.9 Å². The molecule has 2 aliphatic heterocycles. The van der Waals surface area contributed by atoms with E-state index in [4.69, 9.17) is 27.9 Å². The number of hydrogen-bond donors (Lipinski definition) is 1. The van der Waals surface area contributed by atoms with E-state index in [0.29, 0.717) is 23.1 Å². The third-order valence-electron chi connectivity index (χ3n) is 4.38. The van der Waals surface area contributed by atoms with Crippen molar-refractivity contribution in [3.05, 3.63) is 22.3 Å². The molecule has 3 heterocycles. The maximum atomic E-state index is 12.0. The molecule has 1 N–H and O–H groups in total. The van der Waals surface area contributed by atoms with Crippen LogP contribution in [0.25, 0.3) is 0 Å². The summed E-state index contributed by atoms with van der Waals surface area (Å²) in [7, 11) is 0. The van der Waals surface area contributed by atoms with Crippen LogP contribution in [-0.2, 0) is 9.53 Å². The highest BCUT2D eigenvalue weighted by Gasteiger charge is 2.22. The van der Waals surface area contributed by atoms with E-state index in [-0.39, 0.29) is 12.0 Å². The molecule has 1 aromatic rings. The van der Waals surface area contributed by atoms with Crippen molar-refractivity contribution in [1.82, 2.24) is 15.2 Å². The second-order valence-electron chi connectivity index (χ2n) is 6.16. The monoisotopic (exact) mass is 372 g/mol. The van der Waals surface area contributed by atoms with Crippen LogP contribution in [0.5, 0.6) is 0 Å². The average molecular weight is 373 g/mol. The van der Waals surface area contributed by atoms with Gasteiger partial charge in [0.25, 0.3) is 0 Å². The fourth-order valence-corrected chi connectivity index (χ4v) is 3.55. The zero-order valence-electron chi connectivity index (χ0n) is 13.5. The van der Waals surface area contributed by atoms with Gasteiger partial charge in [-0.1, -0.05) is 23.2 Å². The lowest BCUT2D eigenvalue weighted by atomic mass is 10.2. The van der Waals surface area contributed by atoms with E-state index in [1.807, 2.05) is 0 Å². The number of nitrogens with zero attached hydrogens (tertiary/aromatic N) is 3. The van der Waals surface area contributed by atoms with Gasteiger partial charge in [0, 0.05) is 45.5 Å². The maximum absolute atomic E-state index is 12.0. The summed E-state index contributed by atoms with van der Waals surface area (Å²) in [5, 5.41) is 4.06. The first-order valence-electron chi connectivity index (χ1n) is 8.28. The Morgan fingerprint density at radius 2 is 2.12 bits per heavy atom. The molecule has 2 aliphatic rings. The minimum atomic E-state index is 0.0570. The summed E-state index contributed by atoms with van der Waals surface area (Å²) in [4.78, 5) is 20.6. The zero-order valence-corrected chi connectivity index (χ0v) is 15.0. The number of pyridine rings is 1. The Morgan fingerprint density at radius 1 is 1.33 bits per heavy atom. The molecule has 0 bridgehead atoms. The molecule has 1 atom stereocenters. The molecule has 8 heteroatoms. The maximum Gasteiger partial charge on any atom is 0.234 e. The number of halogens is 2. The predicted octanol–water partition coefficient (Wildman–Crippen LogP) is 1.81. The van der Waals surface area contributed by atoms with Crippen molar-refractivity contribution in [3.8, 4) is 0 Å². The molecule has 1 amide bonds. The molecule has 3 rings (SSSR count). The van der Waals surface area contributed by atoms with Gasteiger partial charge in [0.1, 0.15) is 5.82 Å². The Balaban J connectivity index is 1.42. The van der Waals surface area contributed by atoms with Crippen LogP contribution in [0.2, 0.25) is 10.0 Å². The van der Waals surface area contributed by atoms with Crippen molar-refractivity contribution in [1.29, 1.82) is 0 Å². The quantitative estimate of drug-likeness (QED) is 0.853. The molecule has 2 saturated heterocycles. The Labute approximate surface area is 152 Å². The van der Waals surface area contributed by atoms with Gasteiger partial charge >= 0.3 is 0 Å². The van der Waals surface area contributed by atoms with Gasteiger partial charge in [-0.15, -0.1) is 0 Å². The van der Waals surface area contributed by atoms with E-state index in [2.05, 4.69) is 20.1 Å². The molecular formula is C16H22Cl2N4O2. The van der Waals surface area contributed by atoms with Crippen LogP contribution >= 0.6 is 23.2 Å². The molecule has 0 aromatic carbocycles. The van der Waals surface area contributed by atoms with Gasteiger partial charge in [-0.05, 0) is 18.9 Å². The van der Waals surface area contributed by atoms with Gasteiger partial charge in [-0.2, -0.15) is 0 Å². The number of aromatic nitrogens is 1. The lowest BCUT2D eigenvalue weighted by Gasteiger charge is -2.35. The Bertz CT molecular complexity index is 573. The Morgan fingerprint density at radius 3 is 2.79 bits per heavy atom. The minimum absolute atomic E-state index is 0.0570. The Hall–Kier alpha value is -1.08. The third-order valence-corrected chi connectivity index (χ3v) is 4.86. The van der Waals surface area contributed by atoms with Gasteiger partial charge in [-0.3, -0.25) is 9.69 Å². The summed E-state index contributed by atoms with van der Waals surface area (Å²) in [6.07, 6.45) is 3.91. The summed E-state index contributed by atoms with van der Waals surface area (Å²) >= 11 is 12.1. The predicted molar refractivity (Wildman–Crippen MR) is 94.9 cm³/mol. The molecule has 6 nitrogen and oxygen atoms in total. The third kappa shape index (κ3) is 4.72. The van der Waals surface area contributed by atoms with Crippen molar-refractivity contribution in [3.63, 3.8) is 0 Å². The first-order chi connectivity index (χ1) is 11.6. The van der Waals surface area contributed by atoms with E-state index in [1.54, 1.807) is 12.3 Å². The normalized spacial score (nSPS) is 21.9. The average Bonchev–Trinajstić information content (AvgIpc) is 3.07. The van der Waals surface area contributed by atoms with Crippen molar-refractivity contribution < 1.29 is 9.53 Å². The summed E-state index contributed by atoms with van der Waals surface area (Å²) in [6.45, 7) is 5.01. The molecule has 1 aromatic heterocycles. The van der Waals surface area contributed by atoms with Crippen molar-refractivity contribution in [2.45, 2.75) is 18.9 Å². The van der Waals surface area contributed by atoms with Crippen LogP contribution in [0.1, 0.15) is 12.8 Å². The summed E-state index contributed by atoms with van der Waals surface area (Å²) in [6, 6.07) is 1.70. The molecule has 2 fully saturated rings. The molecule has 0 radical (unpaired) electrons. The molecular weight excluding hydrogens is 351 g/mol. The highest BCUT2D eigenvalue weighted by molar-refractivity contribution is 6.36. The number of anilines is 1. The summed E-state index contributed by atoms with van der Waals surface area (Å²) in [5.74, 6) is 0.810. The smallest absolute Gasteiger partial charge is 0.234 e. The van der Waals surface area contributed by atoms with Crippen molar-refractivity contribution in [2.75, 3.05) is 50.8 Å². The number of piperazine rings is 1. The standard InChI is InChI=1S/C16H22Cl2N4O2/c17-12-8-14(18)16(20-9-12)22-5-3-21(4-6-22)11-15(23)19-10-13-2-1-7-24-13/h8-9,13H,1-7,10-11H2,(H,19,23). The molecule has 0 spiro atoms. The van der Waals surface area contributed by atoms with Gasteiger partial charge in [0.15, 0.2) is 0 Å². The van der Waals surface area contributed by atoms with Crippen LogP contribution in [0.3, 0.4) is 0 Å². The highest BCUT2D eigenvalue weighted by atomic mass is 35.5. The minimum Gasteiger partial charge on any atom is -0.376 e. The largest absolute Gasteiger partial charge is 0.376 e. The number of nitrogens with one attached hydrogen (secondary N) is 1. The first-order valence-corrected chi connectivity index (χ1v) is 9.04. The highest BCUT2D eigenvalue weighted by Crippen LogP contribution is 2.26. The number of amides is 1. The SMILES string of the molecule is O=C(CN1CCN(c2ncc(Cl)cc2Cl)CC1)NCC1CCCO1. The second-order valence-corrected chi connectivity index (χ2v) is 7.00. The molecule has 1 unspecified atom stereocenters. The van der Waals surface area contributed by atoms with Crippen molar-refractivity contribution in [2.24, 2.45) is 0 Å². The van der Waals surface area contributed by atoms with Crippen LogP contribution in [0, 0.1) is 0 Å². The number of carbonyl (C=O) groups is 1.